The van der Waals surface area contributed by atoms with Crippen molar-refractivity contribution in [1.82, 2.24) is 4.90 Å². The van der Waals surface area contributed by atoms with Crippen LogP contribution in [-0.4, -0.2) is 45.9 Å². The second kappa shape index (κ2) is 6.52. The number of hydrogen-bond acceptors (Lipinski definition) is 4. The summed E-state index contributed by atoms with van der Waals surface area (Å²) in [6.07, 6.45) is 2.57. The molecule has 6 nitrogen and oxygen atoms in total. The fourth-order valence-electron chi connectivity index (χ4n) is 0.722. The summed E-state index contributed by atoms with van der Waals surface area (Å²) < 4.78 is 0. The Morgan fingerprint density at radius 3 is 2.25 bits per heavy atom. The van der Waals surface area contributed by atoms with E-state index in [1.165, 1.54) is 24.1 Å². The first-order valence-corrected chi connectivity index (χ1v) is 4.43. The minimum atomic E-state index is -0.935. The Morgan fingerprint density at radius 2 is 2.00 bits per heavy atom. The molecule has 0 bridgehead atoms. The predicted molar refractivity (Wildman–Crippen MR) is 55.4 cm³/mol. The lowest BCUT2D eigenvalue weighted by atomic mass is 10.4. The summed E-state index contributed by atoms with van der Waals surface area (Å²) >= 11 is 0. The highest BCUT2D eigenvalue weighted by molar-refractivity contribution is 6.42. The van der Waals surface area contributed by atoms with Crippen molar-refractivity contribution >= 4 is 17.7 Å². The van der Waals surface area contributed by atoms with Gasteiger partial charge in [-0.3, -0.25) is 9.59 Å². The van der Waals surface area contributed by atoms with Crippen LogP contribution in [0.2, 0.25) is 0 Å². The molecule has 2 N–H and O–H groups in total. The Bertz CT molecular complexity index is 333. The van der Waals surface area contributed by atoms with Gasteiger partial charge in [0.05, 0.1) is 6.61 Å². The van der Waals surface area contributed by atoms with Crippen LogP contribution in [0.15, 0.2) is 24.4 Å². The van der Waals surface area contributed by atoms with Gasteiger partial charge in [-0.05, 0) is 6.92 Å². The van der Waals surface area contributed by atoms with E-state index in [0.29, 0.717) is 0 Å². The zero-order chi connectivity index (χ0) is 12.7. The Kier molecular flexibility index (Phi) is 5.72. The van der Waals surface area contributed by atoms with Gasteiger partial charge in [-0.1, -0.05) is 6.58 Å². The highest BCUT2D eigenvalue weighted by Gasteiger charge is 2.22. The molecular weight excluding hydrogens is 214 g/mol. The van der Waals surface area contributed by atoms with E-state index in [9.17, 15) is 14.4 Å². The van der Waals surface area contributed by atoms with Gasteiger partial charge in [-0.15, -0.1) is 0 Å². The molecule has 0 saturated heterocycles. The molecule has 0 spiro atoms. The Balaban J connectivity index is 0.000000325. The van der Waals surface area contributed by atoms with Crippen molar-refractivity contribution in [2.24, 2.45) is 0 Å². The van der Waals surface area contributed by atoms with Crippen LogP contribution in [0.25, 0.3) is 0 Å². The van der Waals surface area contributed by atoms with E-state index in [0.717, 1.165) is 0 Å². The van der Waals surface area contributed by atoms with E-state index < -0.39 is 17.7 Å². The highest BCUT2D eigenvalue weighted by Crippen LogP contribution is 2.00. The number of ketones is 1. The number of carboxylic acid groups (broad SMARTS) is 1. The maximum Gasteiger partial charge on any atom is 0.330 e. The van der Waals surface area contributed by atoms with Crippen LogP contribution in [0.4, 0.5) is 0 Å². The van der Waals surface area contributed by atoms with E-state index in [1.807, 2.05) is 0 Å². The monoisotopic (exact) mass is 227 g/mol. The van der Waals surface area contributed by atoms with Crippen molar-refractivity contribution in [3.05, 3.63) is 24.4 Å². The number of hydrogen-bond donors (Lipinski definition) is 2. The molecule has 1 aliphatic heterocycles. The topological polar surface area (TPSA) is 94.9 Å². The van der Waals surface area contributed by atoms with Crippen LogP contribution in [0.3, 0.4) is 0 Å². The molecule has 1 amide bonds. The van der Waals surface area contributed by atoms with Gasteiger partial charge in [0.1, 0.15) is 0 Å². The molecule has 0 aromatic carbocycles. The number of aliphatic carboxylic acids is 1. The SMILES string of the molecule is C=C(C)C(=O)O.O=C1C=CN(CCO)C1=O. The first-order valence-electron chi connectivity index (χ1n) is 4.43. The van der Waals surface area contributed by atoms with Crippen LogP contribution in [-0.2, 0) is 14.4 Å². The first-order chi connectivity index (χ1) is 7.40. The summed E-state index contributed by atoms with van der Waals surface area (Å²) in [5, 5.41) is 16.3. The van der Waals surface area contributed by atoms with Crippen molar-refractivity contribution in [3.8, 4) is 0 Å². The third kappa shape index (κ3) is 4.52. The van der Waals surface area contributed by atoms with E-state index in [-0.39, 0.29) is 18.7 Å². The third-order valence-corrected chi connectivity index (χ3v) is 1.58. The van der Waals surface area contributed by atoms with Gasteiger partial charge < -0.3 is 15.1 Å². The molecule has 0 atom stereocenters. The number of nitrogens with zero attached hydrogens (tertiary/aromatic N) is 1. The largest absolute Gasteiger partial charge is 0.478 e. The van der Waals surface area contributed by atoms with Gasteiger partial charge >= 0.3 is 5.97 Å². The van der Waals surface area contributed by atoms with Crippen LogP contribution >= 0.6 is 0 Å². The summed E-state index contributed by atoms with van der Waals surface area (Å²) in [6.45, 7) is 4.68. The van der Waals surface area contributed by atoms with Gasteiger partial charge in [0, 0.05) is 24.4 Å². The average molecular weight is 227 g/mol. The van der Waals surface area contributed by atoms with Gasteiger partial charge in [0.25, 0.3) is 5.91 Å². The summed E-state index contributed by atoms with van der Waals surface area (Å²) in [5.41, 5.74) is 0.176. The van der Waals surface area contributed by atoms with Gasteiger partial charge in [-0.2, -0.15) is 0 Å². The molecular formula is C10H13NO5. The smallest absolute Gasteiger partial charge is 0.330 e. The molecule has 0 unspecified atom stereocenters. The quantitative estimate of drug-likeness (QED) is 0.503. The van der Waals surface area contributed by atoms with Crippen LogP contribution in [0.1, 0.15) is 6.92 Å². The van der Waals surface area contributed by atoms with E-state index >= 15 is 0 Å². The molecule has 6 heteroatoms. The van der Waals surface area contributed by atoms with Gasteiger partial charge in [-0.25, -0.2) is 4.79 Å². The number of rotatable bonds is 3. The lowest BCUT2D eigenvalue weighted by Crippen LogP contribution is -2.28. The molecule has 0 radical (unpaired) electrons. The second-order valence-corrected chi connectivity index (χ2v) is 2.99. The zero-order valence-corrected chi connectivity index (χ0v) is 8.84. The maximum atomic E-state index is 10.7. The van der Waals surface area contributed by atoms with E-state index in [2.05, 4.69) is 6.58 Å². The van der Waals surface area contributed by atoms with Gasteiger partial charge in [0.15, 0.2) is 0 Å². The molecule has 0 aliphatic carbocycles. The number of carbonyl (C=O) groups is 3. The molecule has 1 aliphatic rings. The van der Waals surface area contributed by atoms with Crippen molar-refractivity contribution in [1.29, 1.82) is 0 Å². The summed E-state index contributed by atoms with van der Waals surface area (Å²) in [6, 6.07) is 0. The number of aliphatic hydroxyl groups is 1. The molecule has 0 saturated carbocycles. The number of carbonyl (C=O) groups excluding carboxylic acids is 2. The molecule has 1 heterocycles. The molecule has 0 aromatic rings. The molecule has 88 valence electrons. The molecule has 0 aromatic heterocycles. The van der Waals surface area contributed by atoms with Crippen molar-refractivity contribution in [3.63, 3.8) is 0 Å². The van der Waals surface area contributed by atoms with Crippen molar-refractivity contribution in [2.75, 3.05) is 13.2 Å². The maximum absolute atomic E-state index is 10.7. The lowest BCUT2D eigenvalue weighted by molar-refractivity contribution is -0.139. The minimum absolute atomic E-state index is 0.122. The van der Waals surface area contributed by atoms with Crippen molar-refractivity contribution in [2.45, 2.75) is 6.92 Å². The zero-order valence-electron chi connectivity index (χ0n) is 8.84. The van der Waals surface area contributed by atoms with E-state index in [1.54, 1.807) is 0 Å². The third-order valence-electron chi connectivity index (χ3n) is 1.58. The molecule has 16 heavy (non-hydrogen) atoms. The molecule has 0 fully saturated rings. The fraction of sp³-hybridized carbons (Fsp3) is 0.300. The van der Waals surface area contributed by atoms with Crippen LogP contribution in [0, 0.1) is 0 Å². The number of β-amino-alcohol motifs (C(OH)–C–C–N with tert-alkyl or cyclic N) is 1. The van der Waals surface area contributed by atoms with Crippen LogP contribution in [0.5, 0.6) is 0 Å². The van der Waals surface area contributed by atoms with Crippen LogP contribution < -0.4 is 0 Å². The highest BCUT2D eigenvalue weighted by atomic mass is 16.4. The van der Waals surface area contributed by atoms with Crippen molar-refractivity contribution < 1.29 is 24.6 Å². The Hall–Kier alpha value is -1.95. The predicted octanol–water partition coefficient (Wildman–Crippen LogP) is -0.449. The summed E-state index contributed by atoms with van der Waals surface area (Å²) in [5.74, 6) is -2.02. The first kappa shape index (κ1) is 14.1. The number of aliphatic hydroxyl groups excluding tert-OH is 1. The summed E-state index contributed by atoms with van der Waals surface area (Å²) in [7, 11) is 0. The fourth-order valence-corrected chi connectivity index (χ4v) is 0.722. The summed E-state index contributed by atoms with van der Waals surface area (Å²) in [4.78, 5) is 32.0. The Morgan fingerprint density at radius 1 is 1.50 bits per heavy atom. The Labute approximate surface area is 92.5 Å². The minimum Gasteiger partial charge on any atom is -0.478 e. The number of carboxylic acids is 1. The lowest BCUT2D eigenvalue weighted by Gasteiger charge is -2.08. The number of amides is 1. The normalized spacial score (nSPS) is 13.5. The second-order valence-electron chi connectivity index (χ2n) is 2.99. The average Bonchev–Trinajstić information content (AvgIpc) is 2.51. The van der Waals surface area contributed by atoms with E-state index in [4.69, 9.17) is 10.2 Å². The standard InChI is InChI=1S/C6H7NO3.C4H6O2/c8-4-3-7-2-1-5(9)6(7)10;1-3(2)4(5)6/h1-2,8H,3-4H2;1H2,2H3,(H,5,6). The van der Waals surface area contributed by atoms with Gasteiger partial charge in [0.2, 0.25) is 5.78 Å². The molecule has 1 rings (SSSR count).